The summed E-state index contributed by atoms with van der Waals surface area (Å²) in [5, 5.41) is 0. The molecule has 0 aliphatic rings. The fraction of sp³-hybridized carbons (Fsp3) is 0. The first-order valence-corrected chi connectivity index (χ1v) is 3.01. The largest absolute Gasteiger partial charge is 0.337 e. The predicted octanol–water partition coefficient (Wildman–Crippen LogP) is 1.01. The van der Waals surface area contributed by atoms with Crippen molar-refractivity contribution in [1.29, 1.82) is 0 Å². The van der Waals surface area contributed by atoms with Crippen molar-refractivity contribution >= 4 is 21.6 Å². The van der Waals surface area contributed by atoms with Gasteiger partial charge in [0.2, 0.25) is 0 Å². The lowest BCUT2D eigenvalue weighted by Gasteiger charge is -1.58. The van der Waals surface area contributed by atoms with Crippen LogP contribution in [0.4, 0.5) is 0 Å². The van der Waals surface area contributed by atoms with Gasteiger partial charge in [-0.15, -0.1) is 0 Å². The highest BCUT2D eigenvalue weighted by molar-refractivity contribution is 14.2. The summed E-state index contributed by atoms with van der Waals surface area (Å²) in [6, 6.07) is 0. The van der Waals surface area contributed by atoms with Gasteiger partial charge in [0.15, 0.2) is 0 Å². The molecule has 0 aromatic carbocycles. The molecule has 0 aliphatic heterocycles. The maximum atomic E-state index is 7.87. The first-order chi connectivity index (χ1) is 1.91. The second-order valence-corrected chi connectivity index (χ2v) is 1.69. The zero-order chi connectivity index (χ0) is 3.41. The lowest BCUT2D eigenvalue weighted by molar-refractivity contribution is 0.746. The third-order valence-electron chi connectivity index (χ3n) is 0.0690. The van der Waals surface area contributed by atoms with Crippen molar-refractivity contribution in [1.82, 2.24) is 0 Å². The molecule has 0 amide bonds. The molecule has 0 unspecified atom stereocenters. The Morgan fingerprint density at radius 2 is 2.25 bits per heavy atom. The van der Waals surface area contributed by atoms with Gasteiger partial charge in [0.25, 0.3) is 0 Å². The molecule has 4 heavy (non-hydrogen) atoms. The molecular weight excluding hydrogens is 167 g/mol. The van der Waals surface area contributed by atoms with E-state index in [0.29, 0.717) is 0 Å². The molecule has 1 N–H and O–H groups in total. The smallest absolute Gasteiger partial charge is 0.0382 e. The molecular formula is C2H4IO. The first kappa shape index (κ1) is 4.43. The topological polar surface area (TPSA) is 20.2 Å². The van der Waals surface area contributed by atoms with Crippen LogP contribution in [0.15, 0.2) is 10.7 Å². The van der Waals surface area contributed by atoms with Crippen LogP contribution >= 0.6 is 21.6 Å². The standard InChI is InChI=1S/C2H4IO/c1-2-3-4/h2,4H,1H2. The third kappa shape index (κ3) is 2.43. The Balaban J connectivity index is 2.30. The summed E-state index contributed by atoms with van der Waals surface area (Å²) in [6.45, 7) is 3.28. The van der Waals surface area contributed by atoms with Crippen LogP contribution in [0, 0.1) is 0 Å². The first-order valence-electron chi connectivity index (χ1n) is 0.795. The molecule has 0 bridgehead atoms. The normalized spacial score (nSPS) is 6.25. The molecule has 0 saturated carbocycles. The summed E-state index contributed by atoms with van der Waals surface area (Å²) in [6.07, 6.45) is 0. The fourth-order valence-electron chi connectivity index (χ4n) is 0. The molecule has 0 aromatic heterocycles. The van der Waals surface area contributed by atoms with Gasteiger partial charge >= 0.3 is 0 Å². The molecule has 0 fully saturated rings. The van der Waals surface area contributed by atoms with Gasteiger partial charge in [-0.05, 0) is 4.08 Å². The number of hydrogen-bond acceptors (Lipinski definition) is 1. The lowest BCUT2D eigenvalue weighted by atomic mass is 11.3. The Morgan fingerprint density at radius 3 is 2.25 bits per heavy atom. The van der Waals surface area contributed by atoms with Crippen molar-refractivity contribution in [3.8, 4) is 0 Å². The quantitative estimate of drug-likeness (QED) is 0.583. The van der Waals surface area contributed by atoms with Crippen LogP contribution in [-0.2, 0) is 0 Å². The summed E-state index contributed by atoms with van der Waals surface area (Å²) < 4.78 is 9.41. The molecule has 25 valence electrons. The molecule has 2 heteroatoms. The van der Waals surface area contributed by atoms with Crippen LogP contribution < -0.4 is 0 Å². The maximum absolute atomic E-state index is 7.87. The van der Waals surface area contributed by atoms with E-state index in [9.17, 15) is 0 Å². The van der Waals surface area contributed by atoms with Crippen LogP contribution in [0.25, 0.3) is 0 Å². The minimum absolute atomic E-state index is 0.626. The van der Waals surface area contributed by atoms with E-state index in [4.69, 9.17) is 3.44 Å². The lowest BCUT2D eigenvalue weighted by Crippen LogP contribution is -1.21. The van der Waals surface area contributed by atoms with Gasteiger partial charge in [-0.2, -0.15) is 0 Å². The van der Waals surface area contributed by atoms with Gasteiger partial charge in [0.1, 0.15) is 0 Å². The Labute approximate surface area is 36.1 Å². The van der Waals surface area contributed by atoms with Gasteiger partial charge in [-0.3, -0.25) is 0 Å². The number of hydrogen-bond donors (Lipinski definition) is 1. The van der Waals surface area contributed by atoms with Gasteiger partial charge in [-0.25, -0.2) is 0 Å². The third-order valence-corrected chi connectivity index (χ3v) is 0.463. The molecule has 1 radical (unpaired) electrons. The monoisotopic (exact) mass is 171 g/mol. The van der Waals surface area contributed by atoms with E-state index in [-0.39, 0.29) is 0 Å². The van der Waals surface area contributed by atoms with Crippen molar-refractivity contribution in [3.05, 3.63) is 10.7 Å². The second kappa shape index (κ2) is 3.43. The fourth-order valence-corrected chi connectivity index (χ4v) is 0. The van der Waals surface area contributed by atoms with E-state index in [1.54, 1.807) is 4.08 Å². The Kier molecular flexibility index (Phi) is 3.80. The second-order valence-electron chi connectivity index (χ2n) is 0.252. The van der Waals surface area contributed by atoms with Crippen molar-refractivity contribution in [2.24, 2.45) is 0 Å². The van der Waals surface area contributed by atoms with Gasteiger partial charge in [0.05, 0.1) is 0 Å². The Bertz CT molecular complexity index is 20.0. The molecule has 0 spiro atoms. The zero-order valence-corrected chi connectivity index (χ0v) is 4.27. The minimum atomic E-state index is -0.626. The van der Waals surface area contributed by atoms with E-state index in [0.717, 1.165) is 0 Å². The average Bonchev–Trinajstić information content (AvgIpc) is 1.37. The molecule has 0 aromatic rings. The van der Waals surface area contributed by atoms with E-state index in [1.165, 1.54) is 0 Å². The summed E-state index contributed by atoms with van der Waals surface area (Å²) in [5.74, 6) is 0. The van der Waals surface area contributed by atoms with Crippen LogP contribution in [0.3, 0.4) is 0 Å². The predicted molar refractivity (Wildman–Crippen MR) is 26.4 cm³/mol. The van der Waals surface area contributed by atoms with Crippen molar-refractivity contribution in [2.45, 2.75) is 0 Å². The molecule has 0 aliphatic carbocycles. The zero-order valence-electron chi connectivity index (χ0n) is 2.11. The summed E-state index contributed by atoms with van der Waals surface area (Å²) in [5.41, 5.74) is 0. The van der Waals surface area contributed by atoms with E-state index < -0.39 is 21.6 Å². The highest BCUT2D eigenvalue weighted by Crippen LogP contribution is 1.98. The van der Waals surface area contributed by atoms with E-state index in [1.807, 2.05) is 0 Å². The Morgan fingerprint density at radius 1 is 2.00 bits per heavy atom. The number of rotatable bonds is 1. The maximum Gasteiger partial charge on any atom is 0.0382 e. The molecule has 0 heterocycles. The van der Waals surface area contributed by atoms with Gasteiger partial charge in [0, 0.05) is 21.6 Å². The number of halogens is 1. The molecule has 0 rings (SSSR count). The van der Waals surface area contributed by atoms with Crippen molar-refractivity contribution in [2.75, 3.05) is 0 Å². The van der Waals surface area contributed by atoms with Crippen molar-refractivity contribution < 1.29 is 3.44 Å². The van der Waals surface area contributed by atoms with Crippen LogP contribution in [0.1, 0.15) is 0 Å². The van der Waals surface area contributed by atoms with Gasteiger partial charge in [-0.1, -0.05) is 6.58 Å². The minimum Gasteiger partial charge on any atom is -0.337 e. The highest BCUT2D eigenvalue weighted by Gasteiger charge is 1.46. The van der Waals surface area contributed by atoms with Crippen LogP contribution in [-0.4, -0.2) is 3.44 Å². The summed E-state index contributed by atoms with van der Waals surface area (Å²) in [4.78, 5) is 0. The van der Waals surface area contributed by atoms with E-state index >= 15 is 0 Å². The molecule has 0 atom stereocenters. The molecule has 1 nitrogen and oxygen atoms in total. The average molecular weight is 171 g/mol. The van der Waals surface area contributed by atoms with Gasteiger partial charge < -0.3 is 3.44 Å². The van der Waals surface area contributed by atoms with Crippen LogP contribution in [0.2, 0.25) is 0 Å². The highest BCUT2D eigenvalue weighted by atomic mass is 127. The van der Waals surface area contributed by atoms with E-state index in [2.05, 4.69) is 6.58 Å². The summed E-state index contributed by atoms with van der Waals surface area (Å²) >= 11 is -0.626. The summed E-state index contributed by atoms with van der Waals surface area (Å²) in [7, 11) is 0. The van der Waals surface area contributed by atoms with Crippen molar-refractivity contribution in [3.63, 3.8) is 0 Å². The van der Waals surface area contributed by atoms with Crippen LogP contribution in [0.5, 0.6) is 0 Å². The molecule has 0 saturated heterocycles. The Hall–Kier alpha value is 0.430. The SMILES string of the molecule is C=C[I]O.